The fourth-order valence-electron chi connectivity index (χ4n) is 20.9. The number of hydrogen-bond acceptors (Lipinski definition) is 20. The molecule has 800 valence electrons. The number of carboxylic acids is 4. The molecule has 20 atom stereocenters. The minimum atomic E-state index is -3.59. The van der Waals surface area contributed by atoms with Gasteiger partial charge in [-0.3, -0.25) is 38.4 Å². The van der Waals surface area contributed by atoms with Crippen molar-refractivity contribution in [1.82, 2.24) is 19.6 Å². The Hall–Kier alpha value is -8.52. The van der Waals surface area contributed by atoms with Gasteiger partial charge in [0, 0.05) is 40.2 Å². The molecule has 4 heterocycles. The lowest BCUT2D eigenvalue weighted by Gasteiger charge is -2.49. The van der Waals surface area contributed by atoms with Crippen molar-refractivity contribution in [3.63, 3.8) is 0 Å². The van der Waals surface area contributed by atoms with Crippen LogP contribution >= 0.6 is 92.8 Å². The summed E-state index contributed by atoms with van der Waals surface area (Å²) < 4.78 is 132. The van der Waals surface area contributed by atoms with Crippen molar-refractivity contribution < 1.29 is 111 Å². The number of morpholine rings is 4. The van der Waals surface area contributed by atoms with E-state index in [-0.39, 0.29) is 23.7 Å². The van der Waals surface area contributed by atoms with Gasteiger partial charge in [-0.2, -0.15) is 0 Å². The quantitative estimate of drug-likeness (QED) is 0.0283. The summed E-state index contributed by atoms with van der Waals surface area (Å²) in [6.45, 7) is 19.7. The van der Waals surface area contributed by atoms with E-state index in [9.17, 15) is 92.5 Å². The highest BCUT2D eigenvalue weighted by Crippen LogP contribution is 2.56. The number of hydrogen-bond donors (Lipinski definition) is 4. The number of ether oxygens (including phenoxy) is 4. The molecular formula is C108H124Cl8N4O24S4. The first-order valence-corrected chi connectivity index (χ1v) is 58.8. The molecule has 28 nitrogen and oxygen atoms in total. The number of carbonyl (C=O) groups is 8. The molecule has 4 amide bonds. The molecule has 8 aromatic carbocycles. The molecule has 0 bridgehead atoms. The maximum absolute atomic E-state index is 14.0. The normalized spacial score (nSPS) is 24.2. The number of carbonyl (C=O) groups excluding carboxylic acids is 4. The molecular weight excluding hydrogens is 2150 g/mol. The molecule has 0 radical (unpaired) electrons. The van der Waals surface area contributed by atoms with E-state index in [1.165, 1.54) is 0 Å². The Kier molecular flexibility index (Phi) is 38.5. The van der Waals surface area contributed by atoms with Crippen molar-refractivity contribution in [2.75, 3.05) is 0 Å². The van der Waals surface area contributed by atoms with Gasteiger partial charge in [0.2, 0.25) is 0 Å². The highest BCUT2D eigenvalue weighted by atomic mass is 35.5. The van der Waals surface area contributed by atoms with Crippen LogP contribution < -0.4 is 0 Å². The summed E-state index contributed by atoms with van der Waals surface area (Å²) in [5.74, 6) is -6.91. The van der Waals surface area contributed by atoms with Crippen molar-refractivity contribution in [1.29, 1.82) is 0 Å². The fourth-order valence-corrected chi connectivity index (χ4v) is 28.6. The SMILES string of the molecule is CC(C)S(=O)(=O)[C@@H](C)[C@H](C1CC1)N1C(=O)[C@@H](CC(=O)O)O[C@H](c2cccc(Cl)c2)[C@H]1c1ccc(Cl)cc1.CC(C)S(=O)(=O)[C@@H](C)[C@H](C1CC1)N1C(=O)[C@H](CC(=O)O)O[C@H](c2cccc(Cl)c2)[C@H]1c1ccc(Cl)cc1.CC(C)S(=O)(=O)[C@H](C)[C@H](C1CC1)N1C(=O)[C@@H](CC(=O)O)O[C@H](c2cccc(Cl)c2)[C@H]1c1ccc(Cl)cc1.CC(C)S(=O)(=O)[C@H](C)[C@H](C1CC1)N1C(=O)[C@H](CC(=O)O)O[C@H](c2cccc(Cl)c2)[C@H]1c1ccc(Cl)cc1. The largest absolute Gasteiger partial charge is 0.481 e. The molecule has 8 fully saturated rings. The maximum atomic E-state index is 14.0. The van der Waals surface area contributed by atoms with E-state index in [4.69, 9.17) is 112 Å². The summed E-state index contributed by atoms with van der Waals surface area (Å²) in [6.07, 6.45) is -4.12. The van der Waals surface area contributed by atoms with Crippen LogP contribution in [-0.2, 0) is 96.7 Å². The standard InChI is InChI=1S/4C27H31Cl2NO6S/c4*1-15(2)37(34,35)16(3)24(17-7-8-17)30-25(18-9-11-20(28)12-10-18)26(19-5-4-6-21(29)13-19)36-22(27(30)33)14-23(31)32/h4*4-6,9-13,15-17,22,24-26H,7-8,14H2,1-3H3,(H,31,32)/t16-,22+,24+,25+,26+;16-,22+,24-,25-,26-;16-,22-,24+,25+,26+;16-,22-,24-,25-,26-/m0101/s1. The molecule has 0 aromatic heterocycles. The molecule has 0 spiro atoms. The van der Waals surface area contributed by atoms with E-state index < -0.39 is 252 Å². The molecule has 4 aliphatic heterocycles. The summed E-state index contributed by atoms with van der Waals surface area (Å²) in [5.41, 5.74) is 5.47. The lowest BCUT2D eigenvalue weighted by Crippen LogP contribution is -2.59. The molecule has 4 saturated carbocycles. The Balaban J connectivity index is 0.000000165. The molecule has 4 aliphatic carbocycles. The minimum Gasteiger partial charge on any atom is -0.481 e. The molecule has 4 saturated heterocycles. The summed E-state index contributed by atoms with van der Waals surface area (Å²) in [5, 5.41) is 36.2. The number of halogens is 8. The van der Waals surface area contributed by atoms with Crippen molar-refractivity contribution in [2.24, 2.45) is 23.7 Å². The Morgan fingerprint density at radius 1 is 0.264 bits per heavy atom. The topological polar surface area (TPSA) is 404 Å². The highest BCUT2D eigenvalue weighted by Gasteiger charge is 2.60. The van der Waals surface area contributed by atoms with Crippen molar-refractivity contribution in [2.45, 2.75) is 299 Å². The average molecular weight is 2270 g/mol. The predicted molar refractivity (Wildman–Crippen MR) is 570 cm³/mol. The van der Waals surface area contributed by atoms with Gasteiger partial charge in [-0.1, -0.05) is 190 Å². The Morgan fingerprint density at radius 3 is 0.561 bits per heavy atom. The summed E-state index contributed by atoms with van der Waals surface area (Å²) in [6, 6.07) is 50.5. The zero-order valence-corrected chi connectivity index (χ0v) is 92.8. The summed E-state index contributed by atoms with van der Waals surface area (Å²) in [7, 11) is -14.4. The van der Waals surface area contributed by atoms with E-state index in [1.54, 1.807) is 273 Å². The van der Waals surface area contributed by atoms with E-state index in [1.807, 2.05) is 24.3 Å². The van der Waals surface area contributed by atoms with Crippen LogP contribution in [0.15, 0.2) is 194 Å². The number of carboxylic acid groups (broad SMARTS) is 4. The van der Waals surface area contributed by atoms with Gasteiger partial charge in [0.05, 0.1) is 116 Å². The second kappa shape index (κ2) is 48.8. The molecule has 8 aliphatic rings. The van der Waals surface area contributed by atoms with E-state index in [2.05, 4.69) is 0 Å². The van der Waals surface area contributed by atoms with Gasteiger partial charge >= 0.3 is 23.9 Å². The van der Waals surface area contributed by atoms with Crippen LogP contribution in [0.3, 0.4) is 0 Å². The molecule has 0 unspecified atom stereocenters. The zero-order chi connectivity index (χ0) is 108. The van der Waals surface area contributed by atoms with E-state index in [0.717, 1.165) is 51.4 Å². The van der Waals surface area contributed by atoms with Gasteiger partial charge < -0.3 is 59.0 Å². The first-order chi connectivity index (χ1) is 69.6. The number of sulfone groups is 4. The van der Waals surface area contributed by atoms with Crippen LogP contribution in [0, 0.1) is 23.7 Å². The van der Waals surface area contributed by atoms with Crippen LogP contribution in [-0.4, -0.2) is 212 Å². The summed E-state index contributed by atoms with van der Waals surface area (Å²) >= 11 is 49.9. The van der Waals surface area contributed by atoms with Crippen LogP contribution in [0.2, 0.25) is 40.2 Å². The van der Waals surface area contributed by atoms with Gasteiger partial charge in [-0.05, 0) is 300 Å². The Bertz CT molecular complexity index is 5840. The van der Waals surface area contributed by atoms with E-state index >= 15 is 0 Å². The predicted octanol–water partition coefficient (Wildman–Crippen LogP) is 21.9. The molecule has 4 N–H and O–H groups in total. The third-order valence-corrected chi connectivity index (χ3v) is 41.5. The number of nitrogens with zero attached hydrogens (tertiary/aromatic N) is 4. The minimum absolute atomic E-state index is 0.0223. The first kappa shape index (κ1) is 117. The van der Waals surface area contributed by atoms with Crippen LogP contribution in [0.4, 0.5) is 0 Å². The molecule has 8 aromatic rings. The molecule has 148 heavy (non-hydrogen) atoms. The van der Waals surface area contributed by atoms with Crippen LogP contribution in [0.25, 0.3) is 0 Å². The van der Waals surface area contributed by atoms with Gasteiger partial charge in [0.1, 0.15) is 48.8 Å². The monoisotopic (exact) mass is 2270 g/mol. The van der Waals surface area contributed by atoms with Crippen LogP contribution in [0.5, 0.6) is 0 Å². The maximum Gasteiger partial charge on any atom is 0.306 e. The number of aliphatic carboxylic acids is 4. The zero-order valence-electron chi connectivity index (χ0n) is 83.5. The second-order valence-electron chi connectivity index (χ2n) is 40.4. The summed E-state index contributed by atoms with van der Waals surface area (Å²) in [4.78, 5) is 109. The lowest BCUT2D eigenvalue weighted by molar-refractivity contribution is -0.184. The van der Waals surface area contributed by atoms with Gasteiger partial charge in [-0.25, -0.2) is 33.7 Å². The number of amides is 4. The Morgan fingerprint density at radius 2 is 0.426 bits per heavy atom. The van der Waals surface area contributed by atoms with E-state index in [0.29, 0.717) is 84.7 Å². The van der Waals surface area contributed by atoms with Crippen molar-refractivity contribution in [3.8, 4) is 0 Å². The third-order valence-electron chi connectivity index (χ3n) is 29.0. The van der Waals surface area contributed by atoms with Crippen LogP contribution in [0.1, 0.15) is 253 Å². The number of benzene rings is 8. The fraction of sp³-hybridized carbons (Fsp3) is 0.481. The third kappa shape index (κ3) is 27.1. The van der Waals surface area contributed by atoms with Crippen molar-refractivity contribution in [3.05, 3.63) is 279 Å². The molecule has 16 rings (SSSR count). The molecule has 40 heteroatoms. The highest BCUT2D eigenvalue weighted by molar-refractivity contribution is 7.93. The first-order valence-electron chi connectivity index (χ1n) is 49.4. The number of rotatable bonds is 36. The van der Waals surface area contributed by atoms with Gasteiger partial charge in [0.25, 0.3) is 23.6 Å². The van der Waals surface area contributed by atoms with Gasteiger partial charge in [0.15, 0.2) is 39.3 Å². The van der Waals surface area contributed by atoms with Gasteiger partial charge in [-0.15, -0.1) is 0 Å². The Labute approximate surface area is 905 Å². The van der Waals surface area contributed by atoms with Crippen molar-refractivity contribution >= 4 is 180 Å². The second-order valence-corrected chi connectivity index (χ2v) is 55.4. The lowest BCUT2D eigenvalue weighted by atomic mass is 9.88. The smallest absolute Gasteiger partial charge is 0.306 e. The average Bonchev–Trinajstić information content (AvgIpc) is 1.50.